The standard InChI is InChI=1S/C20H16N2O6/c21-11-7-9-12(10-8-11)22(19(27)13-3-1-5-15(23)17(13)25)20(28)14-4-2-6-16(24)18(14)26/h1-10,23-26H,21H2. The molecule has 8 nitrogen and oxygen atoms in total. The average molecular weight is 380 g/mol. The number of carbonyl (C=O) groups excluding carboxylic acids is 2. The van der Waals surface area contributed by atoms with Crippen LogP contribution < -0.4 is 10.6 Å². The molecule has 0 aromatic heterocycles. The number of phenolic OH excluding ortho intramolecular Hbond substituents is 4. The maximum atomic E-state index is 13.1. The van der Waals surface area contributed by atoms with Gasteiger partial charge in [-0.15, -0.1) is 0 Å². The van der Waals surface area contributed by atoms with Crippen molar-refractivity contribution in [1.82, 2.24) is 0 Å². The molecule has 0 atom stereocenters. The normalized spacial score (nSPS) is 10.4. The van der Waals surface area contributed by atoms with Crippen LogP contribution in [0.15, 0.2) is 60.7 Å². The lowest BCUT2D eigenvalue weighted by molar-refractivity contribution is 0.0894. The van der Waals surface area contributed by atoms with E-state index in [1.165, 1.54) is 60.7 Å². The number of benzene rings is 3. The van der Waals surface area contributed by atoms with Crippen molar-refractivity contribution in [1.29, 1.82) is 0 Å². The van der Waals surface area contributed by atoms with E-state index in [1.807, 2.05) is 0 Å². The highest BCUT2D eigenvalue weighted by Gasteiger charge is 2.30. The minimum absolute atomic E-state index is 0.106. The second-order valence-electron chi connectivity index (χ2n) is 5.88. The Bertz CT molecular complexity index is 999. The number of nitrogens with zero attached hydrogens (tertiary/aromatic N) is 1. The van der Waals surface area contributed by atoms with Crippen LogP contribution in [0.25, 0.3) is 0 Å². The van der Waals surface area contributed by atoms with Gasteiger partial charge in [0.1, 0.15) is 0 Å². The van der Waals surface area contributed by atoms with Crippen LogP contribution in [-0.2, 0) is 0 Å². The molecule has 0 unspecified atom stereocenters. The molecule has 0 fully saturated rings. The van der Waals surface area contributed by atoms with E-state index in [0.717, 1.165) is 0 Å². The van der Waals surface area contributed by atoms with Crippen molar-refractivity contribution in [3.63, 3.8) is 0 Å². The van der Waals surface area contributed by atoms with Gasteiger partial charge in [0.15, 0.2) is 23.0 Å². The smallest absolute Gasteiger partial charge is 0.269 e. The van der Waals surface area contributed by atoms with Crippen molar-refractivity contribution < 1.29 is 30.0 Å². The van der Waals surface area contributed by atoms with Crippen molar-refractivity contribution in [3.8, 4) is 23.0 Å². The Morgan fingerprint density at radius 3 is 1.54 bits per heavy atom. The van der Waals surface area contributed by atoms with E-state index in [9.17, 15) is 30.0 Å². The summed E-state index contributed by atoms with van der Waals surface area (Å²) >= 11 is 0. The monoisotopic (exact) mass is 380 g/mol. The molecule has 0 aliphatic carbocycles. The van der Waals surface area contributed by atoms with Gasteiger partial charge in [-0.3, -0.25) is 9.59 Å². The van der Waals surface area contributed by atoms with Gasteiger partial charge in [0.05, 0.1) is 16.8 Å². The third-order valence-corrected chi connectivity index (χ3v) is 4.05. The van der Waals surface area contributed by atoms with E-state index in [1.54, 1.807) is 0 Å². The highest BCUT2D eigenvalue weighted by molar-refractivity contribution is 6.27. The number of hydrogen-bond donors (Lipinski definition) is 5. The maximum absolute atomic E-state index is 13.1. The third-order valence-electron chi connectivity index (χ3n) is 4.05. The van der Waals surface area contributed by atoms with E-state index in [-0.39, 0.29) is 16.8 Å². The van der Waals surface area contributed by atoms with E-state index in [4.69, 9.17) is 5.73 Å². The quantitative estimate of drug-likeness (QED) is 0.267. The van der Waals surface area contributed by atoms with E-state index in [0.29, 0.717) is 10.6 Å². The number of nitrogen functional groups attached to an aromatic ring is 1. The van der Waals surface area contributed by atoms with E-state index >= 15 is 0 Å². The van der Waals surface area contributed by atoms with Crippen molar-refractivity contribution in [2.24, 2.45) is 0 Å². The summed E-state index contributed by atoms with van der Waals surface area (Å²) in [6, 6.07) is 13.2. The van der Waals surface area contributed by atoms with Crippen LogP contribution >= 0.6 is 0 Å². The predicted molar refractivity (Wildman–Crippen MR) is 102 cm³/mol. The van der Waals surface area contributed by atoms with Gasteiger partial charge in [-0.1, -0.05) is 12.1 Å². The van der Waals surface area contributed by atoms with Crippen molar-refractivity contribution in [2.45, 2.75) is 0 Å². The summed E-state index contributed by atoms with van der Waals surface area (Å²) in [7, 11) is 0. The third kappa shape index (κ3) is 3.26. The molecule has 0 spiro atoms. The number of amides is 2. The van der Waals surface area contributed by atoms with Gasteiger partial charge in [0, 0.05) is 5.69 Å². The zero-order valence-corrected chi connectivity index (χ0v) is 14.4. The number of hydrogen-bond acceptors (Lipinski definition) is 7. The van der Waals surface area contributed by atoms with Crippen LogP contribution in [0.4, 0.5) is 11.4 Å². The topological polar surface area (TPSA) is 144 Å². The molecule has 2 amide bonds. The molecule has 0 heterocycles. The molecule has 0 saturated carbocycles. The van der Waals surface area contributed by atoms with Crippen LogP contribution in [0.3, 0.4) is 0 Å². The first-order chi connectivity index (χ1) is 13.3. The van der Waals surface area contributed by atoms with Crippen molar-refractivity contribution >= 4 is 23.2 Å². The molecule has 0 aliphatic heterocycles. The number of rotatable bonds is 3. The Balaban J connectivity index is 2.16. The molecule has 0 saturated heterocycles. The van der Waals surface area contributed by atoms with Crippen LogP contribution in [0, 0.1) is 0 Å². The molecule has 0 aliphatic rings. The number of imide groups is 1. The number of anilines is 2. The number of carbonyl (C=O) groups is 2. The fourth-order valence-electron chi connectivity index (χ4n) is 2.60. The first-order valence-electron chi connectivity index (χ1n) is 8.07. The Hall–Kier alpha value is -4.20. The van der Waals surface area contributed by atoms with Gasteiger partial charge in [-0.05, 0) is 48.5 Å². The zero-order chi connectivity index (χ0) is 20.4. The molecule has 8 heteroatoms. The largest absolute Gasteiger partial charge is 0.504 e. The molecular weight excluding hydrogens is 364 g/mol. The summed E-state index contributed by atoms with van der Waals surface area (Å²) in [5.74, 6) is -4.36. The first kappa shape index (κ1) is 18.6. The summed E-state index contributed by atoms with van der Waals surface area (Å²) in [5, 5.41) is 39.4. The Labute approximate surface area is 159 Å². The molecule has 3 aromatic carbocycles. The molecular formula is C20H16N2O6. The first-order valence-corrected chi connectivity index (χ1v) is 8.07. The highest BCUT2D eigenvalue weighted by Crippen LogP contribution is 2.34. The second kappa shape index (κ2) is 7.20. The lowest BCUT2D eigenvalue weighted by Crippen LogP contribution is -2.37. The van der Waals surface area contributed by atoms with Gasteiger partial charge in [-0.25, -0.2) is 4.90 Å². The van der Waals surface area contributed by atoms with Gasteiger partial charge in [0.25, 0.3) is 11.8 Å². The Morgan fingerprint density at radius 1 is 0.679 bits per heavy atom. The highest BCUT2D eigenvalue weighted by atomic mass is 16.3. The Morgan fingerprint density at radius 2 is 1.11 bits per heavy atom. The van der Waals surface area contributed by atoms with Crippen LogP contribution in [0.5, 0.6) is 23.0 Å². The molecule has 3 aromatic rings. The summed E-state index contributed by atoms with van der Waals surface area (Å²) in [4.78, 5) is 26.8. The molecule has 0 radical (unpaired) electrons. The average Bonchev–Trinajstić information content (AvgIpc) is 2.67. The summed E-state index contributed by atoms with van der Waals surface area (Å²) < 4.78 is 0. The fraction of sp³-hybridized carbons (Fsp3) is 0. The molecule has 28 heavy (non-hydrogen) atoms. The van der Waals surface area contributed by atoms with Gasteiger partial charge >= 0.3 is 0 Å². The Kier molecular flexibility index (Phi) is 4.78. The number of phenols is 4. The van der Waals surface area contributed by atoms with E-state index < -0.39 is 34.8 Å². The molecule has 0 bridgehead atoms. The van der Waals surface area contributed by atoms with Gasteiger partial charge in [0.2, 0.25) is 0 Å². The van der Waals surface area contributed by atoms with Gasteiger partial charge < -0.3 is 26.2 Å². The summed E-state index contributed by atoms with van der Waals surface area (Å²) in [6.45, 7) is 0. The molecule has 6 N–H and O–H groups in total. The second-order valence-corrected chi connectivity index (χ2v) is 5.88. The number of nitrogens with two attached hydrogens (primary N) is 1. The lowest BCUT2D eigenvalue weighted by atomic mass is 10.1. The SMILES string of the molecule is Nc1ccc(N(C(=O)c2cccc(O)c2O)C(=O)c2cccc(O)c2O)cc1. The lowest BCUT2D eigenvalue weighted by Gasteiger charge is -2.22. The number of aromatic hydroxyl groups is 4. The van der Waals surface area contributed by atoms with Gasteiger partial charge in [-0.2, -0.15) is 0 Å². The zero-order valence-electron chi connectivity index (χ0n) is 14.4. The minimum atomic E-state index is -0.953. The molecule has 3 rings (SSSR count). The number of para-hydroxylation sites is 2. The maximum Gasteiger partial charge on any atom is 0.269 e. The fourth-order valence-corrected chi connectivity index (χ4v) is 2.60. The van der Waals surface area contributed by atoms with Crippen LogP contribution in [0.1, 0.15) is 20.7 Å². The van der Waals surface area contributed by atoms with Crippen LogP contribution in [-0.4, -0.2) is 32.2 Å². The van der Waals surface area contributed by atoms with Crippen LogP contribution in [0.2, 0.25) is 0 Å². The summed E-state index contributed by atoms with van der Waals surface area (Å²) in [6.07, 6.45) is 0. The van der Waals surface area contributed by atoms with Crippen molar-refractivity contribution in [2.75, 3.05) is 10.6 Å². The van der Waals surface area contributed by atoms with E-state index in [2.05, 4.69) is 0 Å². The van der Waals surface area contributed by atoms with Crippen molar-refractivity contribution in [3.05, 3.63) is 71.8 Å². The summed E-state index contributed by atoms with van der Waals surface area (Å²) in [5.41, 5.74) is 5.50. The predicted octanol–water partition coefficient (Wildman–Crippen LogP) is 2.58. The minimum Gasteiger partial charge on any atom is -0.504 e. The molecule has 142 valence electrons.